The molecular weight excluding hydrogens is 242 g/mol. The van der Waals surface area contributed by atoms with E-state index in [2.05, 4.69) is 5.32 Å². The third-order valence-electron chi connectivity index (χ3n) is 2.70. The van der Waals surface area contributed by atoms with E-state index in [1.165, 1.54) is 18.2 Å². The highest BCUT2D eigenvalue weighted by molar-refractivity contribution is 6.18. The second-order valence-corrected chi connectivity index (χ2v) is 4.37. The van der Waals surface area contributed by atoms with Crippen molar-refractivity contribution in [3.63, 3.8) is 0 Å². The lowest BCUT2D eigenvalue weighted by Crippen LogP contribution is -2.37. The van der Waals surface area contributed by atoms with Crippen LogP contribution in [0.1, 0.15) is 24.2 Å². The number of carbonyl (C=O) groups is 1. The van der Waals surface area contributed by atoms with Gasteiger partial charge in [-0.15, -0.1) is 11.6 Å². The first-order chi connectivity index (χ1) is 7.97. The van der Waals surface area contributed by atoms with Gasteiger partial charge in [0.25, 0.3) is 5.91 Å². The van der Waals surface area contributed by atoms with E-state index in [1.807, 2.05) is 13.8 Å². The van der Waals surface area contributed by atoms with E-state index in [0.717, 1.165) is 0 Å². The molecule has 0 aliphatic rings. The molecule has 0 saturated heterocycles. The van der Waals surface area contributed by atoms with Crippen LogP contribution >= 0.6 is 11.6 Å². The predicted octanol–water partition coefficient (Wildman–Crippen LogP) is 2.09. The van der Waals surface area contributed by atoms with E-state index in [0.29, 0.717) is 5.88 Å². The minimum atomic E-state index is -0.509. The lowest BCUT2D eigenvalue weighted by Gasteiger charge is -2.19. The van der Waals surface area contributed by atoms with E-state index in [-0.39, 0.29) is 29.0 Å². The minimum absolute atomic E-state index is 0.105. The Bertz CT molecular complexity index is 388. The fourth-order valence-electron chi connectivity index (χ4n) is 1.32. The van der Waals surface area contributed by atoms with Crippen LogP contribution in [0.2, 0.25) is 0 Å². The van der Waals surface area contributed by atoms with Crippen LogP contribution in [-0.4, -0.2) is 28.0 Å². The van der Waals surface area contributed by atoms with Gasteiger partial charge in [0.15, 0.2) is 0 Å². The highest BCUT2D eigenvalue weighted by Crippen LogP contribution is 2.26. The number of alkyl halides is 1. The summed E-state index contributed by atoms with van der Waals surface area (Å²) < 4.78 is 0. The van der Waals surface area contributed by atoms with Gasteiger partial charge in [0, 0.05) is 11.9 Å². The van der Waals surface area contributed by atoms with Crippen molar-refractivity contribution in [3.8, 4) is 11.5 Å². The molecule has 0 bridgehead atoms. The van der Waals surface area contributed by atoms with Crippen molar-refractivity contribution in [1.29, 1.82) is 0 Å². The lowest BCUT2D eigenvalue weighted by molar-refractivity contribution is 0.0925. The molecule has 3 N–H and O–H groups in total. The van der Waals surface area contributed by atoms with Gasteiger partial charge in [-0.05, 0) is 25.0 Å². The van der Waals surface area contributed by atoms with Crippen LogP contribution in [0, 0.1) is 5.92 Å². The summed E-state index contributed by atoms with van der Waals surface area (Å²) in [6.07, 6.45) is 0. The molecule has 0 spiro atoms. The molecule has 0 radical (unpaired) electrons. The summed E-state index contributed by atoms with van der Waals surface area (Å²) in [4.78, 5) is 11.8. The van der Waals surface area contributed by atoms with Crippen LogP contribution < -0.4 is 5.32 Å². The largest absolute Gasteiger partial charge is 0.507 e. The average Bonchev–Trinajstić information content (AvgIpc) is 2.27. The summed E-state index contributed by atoms with van der Waals surface area (Å²) in [6.45, 7) is 3.73. The van der Waals surface area contributed by atoms with E-state index in [9.17, 15) is 15.0 Å². The van der Waals surface area contributed by atoms with Gasteiger partial charge in [-0.1, -0.05) is 13.0 Å². The van der Waals surface area contributed by atoms with Crippen LogP contribution in [-0.2, 0) is 0 Å². The Hall–Kier alpha value is -1.42. The van der Waals surface area contributed by atoms with Gasteiger partial charge in [-0.25, -0.2) is 0 Å². The smallest absolute Gasteiger partial charge is 0.259 e. The van der Waals surface area contributed by atoms with E-state index in [1.54, 1.807) is 0 Å². The zero-order valence-electron chi connectivity index (χ0n) is 9.77. The fraction of sp³-hybridized carbons (Fsp3) is 0.417. The van der Waals surface area contributed by atoms with Gasteiger partial charge in [-0.2, -0.15) is 0 Å². The molecule has 1 aromatic rings. The Kier molecular flexibility index (Phi) is 4.63. The Morgan fingerprint density at radius 2 is 1.88 bits per heavy atom. The molecule has 4 nitrogen and oxygen atoms in total. The standard InChI is InChI=1S/C12H16ClNO3/c1-7(6-13)8(2)14-12(17)11-9(15)4-3-5-10(11)16/h3-5,7-8,15-16H,6H2,1-2H3,(H,14,17). The van der Waals surface area contributed by atoms with Gasteiger partial charge >= 0.3 is 0 Å². The van der Waals surface area contributed by atoms with Gasteiger partial charge in [0.05, 0.1) is 0 Å². The van der Waals surface area contributed by atoms with Crippen molar-refractivity contribution < 1.29 is 15.0 Å². The van der Waals surface area contributed by atoms with E-state index < -0.39 is 5.91 Å². The second kappa shape index (κ2) is 5.77. The first-order valence-corrected chi connectivity index (χ1v) is 5.88. The molecule has 2 atom stereocenters. The molecule has 5 heteroatoms. The number of phenolic OH excluding ortho intramolecular Hbond substituents is 2. The molecule has 0 aliphatic carbocycles. The summed E-state index contributed by atoms with van der Waals surface area (Å²) in [5, 5.41) is 21.7. The average molecular weight is 258 g/mol. The Balaban J connectivity index is 2.84. The molecule has 0 heterocycles. The molecule has 1 amide bonds. The van der Waals surface area contributed by atoms with Crippen molar-refractivity contribution in [2.24, 2.45) is 5.92 Å². The normalized spacial score (nSPS) is 14.1. The van der Waals surface area contributed by atoms with Crippen molar-refractivity contribution in [3.05, 3.63) is 23.8 Å². The van der Waals surface area contributed by atoms with Crippen molar-refractivity contribution >= 4 is 17.5 Å². The maximum Gasteiger partial charge on any atom is 0.259 e. The lowest BCUT2D eigenvalue weighted by atomic mass is 10.1. The molecule has 0 saturated carbocycles. The number of phenols is 2. The summed E-state index contributed by atoms with van der Waals surface area (Å²) in [7, 11) is 0. The van der Waals surface area contributed by atoms with E-state index in [4.69, 9.17) is 11.6 Å². The highest BCUT2D eigenvalue weighted by Gasteiger charge is 2.20. The van der Waals surface area contributed by atoms with Gasteiger partial charge < -0.3 is 15.5 Å². The molecule has 94 valence electrons. The number of rotatable bonds is 4. The summed E-state index contributed by atoms with van der Waals surface area (Å²) >= 11 is 5.69. The Labute approximate surface area is 105 Å². The third-order valence-corrected chi connectivity index (χ3v) is 3.19. The zero-order valence-corrected chi connectivity index (χ0v) is 10.5. The van der Waals surface area contributed by atoms with Crippen LogP contribution in [0.5, 0.6) is 11.5 Å². The third kappa shape index (κ3) is 3.27. The minimum Gasteiger partial charge on any atom is -0.507 e. The van der Waals surface area contributed by atoms with Crippen molar-refractivity contribution in [2.45, 2.75) is 19.9 Å². The Morgan fingerprint density at radius 3 is 2.35 bits per heavy atom. The molecule has 0 aliphatic heterocycles. The van der Waals surface area contributed by atoms with Crippen molar-refractivity contribution in [1.82, 2.24) is 5.32 Å². The fourth-order valence-corrected chi connectivity index (χ4v) is 1.58. The number of aromatic hydroxyl groups is 2. The van der Waals surface area contributed by atoms with Crippen LogP contribution in [0.25, 0.3) is 0 Å². The first kappa shape index (κ1) is 13.6. The molecule has 17 heavy (non-hydrogen) atoms. The number of carbonyl (C=O) groups excluding carboxylic acids is 1. The Morgan fingerprint density at radius 1 is 1.35 bits per heavy atom. The first-order valence-electron chi connectivity index (χ1n) is 5.35. The van der Waals surface area contributed by atoms with Gasteiger partial charge in [0.1, 0.15) is 17.1 Å². The maximum absolute atomic E-state index is 11.8. The zero-order chi connectivity index (χ0) is 13.0. The quantitative estimate of drug-likeness (QED) is 0.724. The molecular formula is C12H16ClNO3. The summed E-state index contributed by atoms with van der Waals surface area (Å²) in [5.41, 5.74) is -0.110. The number of amides is 1. The predicted molar refractivity (Wildman–Crippen MR) is 66.6 cm³/mol. The summed E-state index contributed by atoms with van der Waals surface area (Å²) in [5.74, 6) is -0.464. The maximum atomic E-state index is 11.8. The van der Waals surface area contributed by atoms with Crippen molar-refractivity contribution in [2.75, 3.05) is 5.88 Å². The SMILES string of the molecule is CC(CCl)C(C)NC(=O)c1c(O)cccc1O. The molecule has 0 aromatic heterocycles. The van der Waals surface area contributed by atoms with Crippen LogP contribution in [0.4, 0.5) is 0 Å². The summed E-state index contributed by atoms with van der Waals surface area (Å²) in [6, 6.07) is 4.03. The highest BCUT2D eigenvalue weighted by atomic mass is 35.5. The number of halogens is 1. The topological polar surface area (TPSA) is 69.6 Å². The molecule has 2 unspecified atom stereocenters. The second-order valence-electron chi connectivity index (χ2n) is 4.06. The van der Waals surface area contributed by atoms with Crippen LogP contribution in [0.3, 0.4) is 0 Å². The molecule has 1 aromatic carbocycles. The van der Waals surface area contributed by atoms with E-state index >= 15 is 0 Å². The monoisotopic (exact) mass is 257 g/mol. The number of benzene rings is 1. The van der Waals surface area contributed by atoms with Crippen LogP contribution in [0.15, 0.2) is 18.2 Å². The number of nitrogens with one attached hydrogen (secondary N) is 1. The number of hydrogen-bond donors (Lipinski definition) is 3. The molecule has 1 rings (SSSR count). The molecule has 0 fully saturated rings. The van der Waals surface area contributed by atoms with Gasteiger partial charge in [-0.3, -0.25) is 4.79 Å². The number of hydrogen-bond acceptors (Lipinski definition) is 3. The van der Waals surface area contributed by atoms with Gasteiger partial charge in [0.2, 0.25) is 0 Å².